The van der Waals surface area contributed by atoms with Crippen molar-refractivity contribution >= 4 is 38.8 Å². The van der Waals surface area contributed by atoms with E-state index in [2.05, 4.69) is 8.75 Å². The van der Waals surface area contributed by atoms with E-state index in [1.165, 1.54) is 0 Å². The van der Waals surface area contributed by atoms with E-state index in [1.807, 2.05) is 0 Å². The lowest BCUT2D eigenvalue weighted by Gasteiger charge is -2.22. The number of aliphatic carboxylic acids is 1. The minimum absolute atomic E-state index is 0.0712. The quantitative estimate of drug-likeness (QED) is 0.910. The zero-order chi connectivity index (χ0) is 15.2. The lowest BCUT2D eigenvalue weighted by Crippen LogP contribution is -2.40. The van der Waals surface area contributed by atoms with Crippen LogP contribution in [0.3, 0.4) is 0 Å². The average Bonchev–Trinajstić information content (AvgIpc) is 3.06. The molecule has 1 N–H and O–H groups in total. The minimum atomic E-state index is -3.90. The first kappa shape index (κ1) is 14.4. The Balaban J connectivity index is 2.19. The molecule has 0 aliphatic carbocycles. The van der Waals surface area contributed by atoms with Crippen molar-refractivity contribution in [3.8, 4) is 0 Å². The standard InChI is InChI=1S/C12H13N3O4S2/c1-7-4-5-8-10(14-20-13-8)11(7)21(18,19)15-6-2-3-9(15)12(16)17/h4-5,9H,2-3,6H2,1H3,(H,16,17)/t9-/m1/s1. The predicted octanol–water partition coefficient (Wildman–Crippen LogP) is 1.24. The Labute approximate surface area is 125 Å². The molecule has 1 aliphatic heterocycles. The summed E-state index contributed by atoms with van der Waals surface area (Å²) in [6, 6.07) is 2.38. The van der Waals surface area contributed by atoms with Crippen LogP contribution in [0, 0.1) is 6.92 Å². The zero-order valence-corrected chi connectivity index (χ0v) is 12.8. The first-order valence-electron chi connectivity index (χ1n) is 6.39. The number of carbonyl (C=O) groups is 1. The molecular weight excluding hydrogens is 314 g/mol. The SMILES string of the molecule is Cc1ccc2nsnc2c1S(=O)(=O)N1CCC[C@@H]1C(=O)O. The van der Waals surface area contributed by atoms with Gasteiger partial charge in [0.25, 0.3) is 0 Å². The van der Waals surface area contributed by atoms with Gasteiger partial charge in [0, 0.05) is 6.54 Å². The molecule has 0 unspecified atom stereocenters. The van der Waals surface area contributed by atoms with Gasteiger partial charge >= 0.3 is 5.97 Å². The van der Waals surface area contributed by atoms with Crippen LogP contribution in [0.5, 0.6) is 0 Å². The van der Waals surface area contributed by atoms with Crippen molar-refractivity contribution in [2.75, 3.05) is 6.54 Å². The smallest absolute Gasteiger partial charge is 0.322 e. The number of hydrogen-bond donors (Lipinski definition) is 1. The number of aromatic nitrogens is 2. The van der Waals surface area contributed by atoms with Crippen LogP contribution in [0.15, 0.2) is 17.0 Å². The van der Waals surface area contributed by atoms with Gasteiger partial charge in [-0.2, -0.15) is 13.1 Å². The monoisotopic (exact) mass is 327 g/mol. The van der Waals surface area contributed by atoms with Gasteiger partial charge < -0.3 is 5.11 Å². The predicted molar refractivity (Wildman–Crippen MR) is 76.7 cm³/mol. The minimum Gasteiger partial charge on any atom is -0.480 e. The molecule has 1 aromatic carbocycles. The van der Waals surface area contributed by atoms with Crippen molar-refractivity contribution in [1.82, 2.24) is 13.1 Å². The van der Waals surface area contributed by atoms with Crippen LogP contribution in [-0.2, 0) is 14.8 Å². The summed E-state index contributed by atoms with van der Waals surface area (Å²) in [5.41, 5.74) is 1.37. The molecule has 1 fully saturated rings. The lowest BCUT2D eigenvalue weighted by atomic mass is 10.2. The normalized spacial score (nSPS) is 20.1. The number of hydrogen-bond acceptors (Lipinski definition) is 6. The number of benzene rings is 1. The van der Waals surface area contributed by atoms with E-state index in [-0.39, 0.29) is 11.4 Å². The molecule has 1 aromatic heterocycles. The van der Waals surface area contributed by atoms with E-state index >= 15 is 0 Å². The Morgan fingerprint density at radius 1 is 1.43 bits per heavy atom. The third-order valence-corrected chi connectivity index (χ3v) is 6.26. The third kappa shape index (κ3) is 2.21. The average molecular weight is 327 g/mol. The lowest BCUT2D eigenvalue weighted by molar-refractivity contribution is -0.140. The van der Waals surface area contributed by atoms with Crippen molar-refractivity contribution < 1.29 is 18.3 Å². The van der Waals surface area contributed by atoms with E-state index < -0.39 is 22.0 Å². The fraction of sp³-hybridized carbons (Fsp3) is 0.417. The summed E-state index contributed by atoms with van der Waals surface area (Å²) in [6.07, 6.45) is 0.874. The van der Waals surface area contributed by atoms with Crippen molar-refractivity contribution in [2.45, 2.75) is 30.7 Å². The molecule has 1 atom stereocenters. The summed E-state index contributed by atoms with van der Waals surface area (Å²) in [5, 5.41) is 9.20. The van der Waals surface area contributed by atoms with E-state index in [9.17, 15) is 18.3 Å². The number of aryl methyl sites for hydroxylation is 1. The van der Waals surface area contributed by atoms with Gasteiger partial charge in [0.15, 0.2) is 0 Å². The second-order valence-corrected chi connectivity index (χ2v) is 7.31. The van der Waals surface area contributed by atoms with Crippen LogP contribution in [0.4, 0.5) is 0 Å². The number of carboxylic acids is 1. The van der Waals surface area contributed by atoms with Gasteiger partial charge in [0.1, 0.15) is 22.0 Å². The van der Waals surface area contributed by atoms with Crippen LogP contribution in [0.25, 0.3) is 11.0 Å². The van der Waals surface area contributed by atoms with E-state index in [1.54, 1.807) is 19.1 Å². The van der Waals surface area contributed by atoms with Crippen LogP contribution >= 0.6 is 11.7 Å². The number of fused-ring (bicyclic) bond motifs is 1. The van der Waals surface area contributed by atoms with Crippen LogP contribution < -0.4 is 0 Å². The molecule has 0 amide bonds. The molecule has 2 heterocycles. The maximum atomic E-state index is 12.9. The Morgan fingerprint density at radius 3 is 2.90 bits per heavy atom. The second kappa shape index (κ2) is 5.00. The van der Waals surface area contributed by atoms with Crippen LogP contribution in [0.2, 0.25) is 0 Å². The van der Waals surface area contributed by atoms with Gasteiger partial charge in [-0.25, -0.2) is 8.42 Å². The topological polar surface area (TPSA) is 100 Å². The largest absolute Gasteiger partial charge is 0.480 e. The maximum Gasteiger partial charge on any atom is 0.322 e. The zero-order valence-electron chi connectivity index (χ0n) is 11.2. The van der Waals surface area contributed by atoms with Gasteiger partial charge in [-0.1, -0.05) is 6.07 Å². The number of carboxylic acid groups (broad SMARTS) is 1. The Bertz CT molecular complexity index is 815. The van der Waals surface area contributed by atoms with Gasteiger partial charge in [-0.3, -0.25) is 4.79 Å². The van der Waals surface area contributed by atoms with Crippen molar-refractivity contribution in [3.05, 3.63) is 17.7 Å². The van der Waals surface area contributed by atoms with Crippen molar-refractivity contribution in [1.29, 1.82) is 0 Å². The first-order valence-corrected chi connectivity index (χ1v) is 8.56. The van der Waals surface area contributed by atoms with Crippen LogP contribution in [-0.4, -0.2) is 45.1 Å². The van der Waals surface area contributed by atoms with E-state index in [0.717, 1.165) is 16.0 Å². The molecule has 9 heteroatoms. The summed E-state index contributed by atoms with van der Waals surface area (Å²) >= 11 is 0.942. The molecule has 0 spiro atoms. The molecule has 0 radical (unpaired) electrons. The molecule has 0 bridgehead atoms. The molecule has 1 saturated heterocycles. The molecule has 2 aromatic rings. The Morgan fingerprint density at radius 2 is 2.19 bits per heavy atom. The van der Waals surface area contributed by atoms with Gasteiger partial charge in [-0.15, -0.1) is 0 Å². The Hall–Kier alpha value is -1.58. The summed E-state index contributed by atoms with van der Waals surface area (Å²) in [6.45, 7) is 1.89. The van der Waals surface area contributed by atoms with Crippen molar-refractivity contribution in [3.63, 3.8) is 0 Å². The van der Waals surface area contributed by atoms with Gasteiger partial charge in [-0.05, 0) is 31.4 Å². The van der Waals surface area contributed by atoms with Gasteiger partial charge in [0.2, 0.25) is 10.0 Å². The molecule has 3 rings (SSSR count). The molecule has 7 nitrogen and oxygen atoms in total. The number of sulfonamides is 1. The Kier molecular flexibility index (Phi) is 3.42. The van der Waals surface area contributed by atoms with E-state index in [4.69, 9.17) is 0 Å². The molecule has 112 valence electrons. The summed E-state index contributed by atoms with van der Waals surface area (Å²) in [4.78, 5) is 11.3. The van der Waals surface area contributed by atoms with E-state index in [0.29, 0.717) is 29.4 Å². The molecule has 1 aliphatic rings. The van der Waals surface area contributed by atoms with Crippen molar-refractivity contribution in [2.24, 2.45) is 0 Å². The summed E-state index contributed by atoms with van der Waals surface area (Å²) < 4.78 is 34.9. The number of nitrogens with zero attached hydrogens (tertiary/aromatic N) is 3. The summed E-state index contributed by atoms with van der Waals surface area (Å²) in [7, 11) is -3.90. The van der Waals surface area contributed by atoms with Crippen LogP contribution in [0.1, 0.15) is 18.4 Å². The highest BCUT2D eigenvalue weighted by Crippen LogP contribution is 2.32. The third-order valence-electron chi connectivity index (χ3n) is 3.63. The summed E-state index contributed by atoms with van der Waals surface area (Å²) in [5.74, 6) is -1.11. The molecule has 0 saturated carbocycles. The fourth-order valence-corrected chi connectivity index (χ4v) is 5.25. The molecule has 21 heavy (non-hydrogen) atoms. The maximum absolute atomic E-state index is 12.9. The second-order valence-electron chi connectivity index (χ2n) is 4.96. The first-order chi connectivity index (χ1) is 9.93. The molecular formula is C12H13N3O4S2. The highest BCUT2D eigenvalue weighted by atomic mass is 32.2. The fourth-order valence-electron chi connectivity index (χ4n) is 2.65. The van der Waals surface area contributed by atoms with Gasteiger partial charge in [0.05, 0.1) is 11.7 Å². The number of rotatable bonds is 3. The highest BCUT2D eigenvalue weighted by molar-refractivity contribution is 7.89. The highest BCUT2D eigenvalue weighted by Gasteiger charge is 2.41.